The number of nitrogens with one attached hydrogen (secondary N) is 1. The lowest BCUT2D eigenvalue weighted by molar-refractivity contribution is 0.101. The second kappa shape index (κ2) is 8.08. The topological polar surface area (TPSA) is 59.8 Å². The summed E-state index contributed by atoms with van der Waals surface area (Å²) < 4.78 is 15.0. The zero-order chi connectivity index (χ0) is 21.3. The highest BCUT2D eigenvalue weighted by Crippen LogP contribution is 2.26. The van der Waals surface area contributed by atoms with E-state index in [9.17, 15) is 9.18 Å². The van der Waals surface area contributed by atoms with Crippen LogP contribution in [-0.2, 0) is 0 Å². The van der Waals surface area contributed by atoms with Crippen molar-refractivity contribution in [1.82, 2.24) is 14.8 Å². The molecule has 1 N–H and O–H groups in total. The van der Waals surface area contributed by atoms with Crippen molar-refractivity contribution >= 4 is 23.2 Å². The minimum Gasteiger partial charge on any atom is -0.319 e. The van der Waals surface area contributed by atoms with Crippen molar-refractivity contribution in [2.75, 3.05) is 5.32 Å². The maximum atomic E-state index is 13.4. The van der Waals surface area contributed by atoms with E-state index >= 15 is 0 Å². The van der Waals surface area contributed by atoms with Gasteiger partial charge in [-0.05, 0) is 67.9 Å². The van der Waals surface area contributed by atoms with Gasteiger partial charge in [0.05, 0.1) is 5.69 Å². The molecule has 1 heterocycles. The summed E-state index contributed by atoms with van der Waals surface area (Å²) in [5.41, 5.74) is 3.94. The number of benzene rings is 3. The number of amides is 1. The first kappa shape index (κ1) is 19.8. The maximum Gasteiger partial charge on any atom is 0.295 e. The van der Waals surface area contributed by atoms with E-state index in [-0.39, 0.29) is 11.6 Å². The first-order valence-electron chi connectivity index (χ1n) is 9.28. The highest BCUT2D eigenvalue weighted by molar-refractivity contribution is 6.30. The molecular weight excluding hydrogens is 403 g/mol. The molecule has 7 heteroatoms. The number of hydrogen-bond donors (Lipinski definition) is 1. The summed E-state index contributed by atoms with van der Waals surface area (Å²) in [5, 5.41) is 7.77. The number of halogens is 2. The molecule has 1 amide bonds. The zero-order valence-electron chi connectivity index (χ0n) is 16.4. The van der Waals surface area contributed by atoms with Crippen LogP contribution in [0.5, 0.6) is 0 Å². The van der Waals surface area contributed by atoms with E-state index in [0.717, 1.165) is 11.1 Å². The van der Waals surface area contributed by atoms with Crippen molar-refractivity contribution < 1.29 is 9.18 Å². The van der Waals surface area contributed by atoms with E-state index in [0.29, 0.717) is 27.8 Å². The first-order chi connectivity index (χ1) is 14.4. The standard InChI is InChI=1S/C23H18ClFN4O/c1-14-3-11-19(12-4-14)26-23(30)21-27-22(16-6-9-18(25)10-7-16)29(28-21)20-13-17(24)8-5-15(20)2/h3-13H,1-2H3,(H,26,30). The molecule has 0 saturated heterocycles. The molecule has 30 heavy (non-hydrogen) atoms. The van der Waals surface area contributed by atoms with E-state index in [4.69, 9.17) is 11.6 Å². The van der Waals surface area contributed by atoms with Gasteiger partial charge in [0.1, 0.15) is 5.82 Å². The number of carbonyl (C=O) groups is 1. The summed E-state index contributed by atoms with van der Waals surface area (Å²) >= 11 is 6.18. The molecule has 0 atom stereocenters. The Labute approximate surface area is 178 Å². The lowest BCUT2D eigenvalue weighted by atomic mass is 10.1. The Bertz CT molecular complexity index is 1220. The molecule has 5 nitrogen and oxygen atoms in total. The van der Waals surface area contributed by atoms with Crippen molar-refractivity contribution in [3.8, 4) is 17.1 Å². The van der Waals surface area contributed by atoms with Gasteiger partial charge in [-0.25, -0.2) is 14.1 Å². The van der Waals surface area contributed by atoms with Gasteiger partial charge in [-0.3, -0.25) is 4.79 Å². The van der Waals surface area contributed by atoms with E-state index in [1.165, 1.54) is 12.1 Å². The number of aryl methyl sites for hydroxylation is 2. The molecule has 0 saturated carbocycles. The van der Waals surface area contributed by atoms with Gasteiger partial charge in [0.15, 0.2) is 5.82 Å². The maximum absolute atomic E-state index is 13.4. The highest BCUT2D eigenvalue weighted by Gasteiger charge is 2.20. The van der Waals surface area contributed by atoms with Gasteiger partial charge in [-0.1, -0.05) is 35.4 Å². The quantitative estimate of drug-likeness (QED) is 0.467. The van der Waals surface area contributed by atoms with Gasteiger partial charge >= 0.3 is 0 Å². The van der Waals surface area contributed by atoms with E-state index < -0.39 is 5.91 Å². The van der Waals surface area contributed by atoms with Crippen molar-refractivity contribution in [1.29, 1.82) is 0 Å². The van der Waals surface area contributed by atoms with E-state index in [1.54, 1.807) is 28.9 Å². The molecule has 4 aromatic rings. The highest BCUT2D eigenvalue weighted by atomic mass is 35.5. The first-order valence-corrected chi connectivity index (χ1v) is 9.66. The molecule has 0 aliphatic rings. The number of nitrogens with zero attached hydrogens (tertiary/aromatic N) is 3. The number of carbonyl (C=O) groups excluding carboxylic acids is 1. The summed E-state index contributed by atoms with van der Waals surface area (Å²) in [6.45, 7) is 3.88. The van der Waals surface area contributed by atoms with Crippen molar-refractivity contribution in [3.63, 3.8) is 0 Å². The van der Waals surface area contributed by atoms with Crippen LogP contribution in [0, 0.1) is 19.7 Å². The zero-order valence-corrected chi connectivity index (χ0v) is 17.1. The Morgan fingerprint density at radius 2 is 1.70 bits per heavy atom. The third-order valence-electron chi connectivity index (χ3n) is 4.62. The molecule has 0 unspecified atom stereocenters. The van der Waals surface area contributed by atoms with E-state index in [2.05, 4.69) is 15.4 Å². The second-order valence-corrected chi connectivity index (χ2v) is 7.37. The van der Waals surface area contributed by atoms with Gasteiger partial charge in [-0.15, -0.1) is 5.10 Å². The predicted molar refractivity (Wildman–Crippen MR) is 116 cm³/mol. The van der Waals surface area contributed by atoms with Crippen molar-refractivity contribution in [3.05, 3.63) is 94.5 Å². The Hall–Kier alpha value is -3.51. The Morgan fingerprint density at radius 3 is 2.40 bits per heavy atom. The van der Waals surface area contributed by atoms with Crippen LogP contribution in [0.25, 0.3) is 17.1 Å². The van der Waals surface area contributed by atoms with Gasteiger partial charge in [0, 0.05) is 16.3 Å². The fraction of sp³-hybridized carbons (Fsp3) is 0.0870. The lowest BCUT2D eigenvalue weighted by Crippen LogP contribution is -2.14. The second-order valence-electron chi connectivity index (χ2n) is 6.93. The van der Waals surface area contributed by atoms with Crippen LogP contribution in [0.2, 0.25) is 5.02 Å². The minimum absolute atomic E-state index is 0.00530. The van der Waals surface area contributed by atoms with Gasteiger partial charge in [-0.2, -0.15) is 0 Å². The van der Waals surface area contributed by atoms with Crippen LogP contribution in [0.1, 0.15) is 21.7 Å². The molecule has 4 rings (SSSR count). The number of rotatable bonds is 4. The summed E-state index contributed by atoms with van der Waals surface area (Å²) in [6.07, 6.45) is 0. The largest absolute Gasteiger partial charge is 0.319 e. The molecule has 0 fully saturated rings. The fourth-order valence-corrected chi connectivity index (χ4v) is 3.16. The molecule has 0 spiro atoms. The Balaban J connectivity index is 1.79. The smallest absolute Gasteiger partial charge is 0.295 e. The SMILES string of the molecule is Cc1ccc(NC(=O)c2nc(-c3ccc(F)cc3)n(-c3cc(Cl)ccc3C)n2)cc1. The number of hydrogen-bond acceptors (Lipinski definition) is 3. The summed E-state index contributed by atoms with van der Waals surface area (Å²) in [6, 6.07) is 18.7. The van der Waals surface area contributed by atoms with Crippen LogP contribution < -0.4 is 5.32 Å². The van der Waals surface area contributed by atoms with Gasteiger partial charge in [0.25, 0.3) is 5.91 Å². The number of anilines is 1. The normalized spacial score (nSPS) is 10.8. The third-order valence-corrected chi connectivity index (χ3v) is 4.86. The Morgan fingerprint density at radius 1 is 1.00 bits per heavy atom. The van der Waals surface area contributed by atoms with Crippen LogP contribution in [-0.4, -0.2) is 20.7 Å². The molecule has 0 bridgehead atoms. The average Bonchev–Trinajstić information content (AvgIpc) is 3.17. The third kappa shape index (κ3) is 4.09. The van der Waals surface area contributed by atoms with Gasteiger partial charge < -0.3 is 5.32 Å². The van der Waals surface area contributed by atoms with Crippen LogP contribution >= 0.6 is 11.6 Å². The molecule has 0 aliphatic carbocycles. The molecule has 3 aromatic carbocycles. The van der Waals surface area contributed by atoms with Crippen LogP contribution in [0.15, 0.2) is 66.7 Å². The number of aromatic nitrogens is 3. The van der Waals surface area contributed by atoms with Gasteiger partial charge in [0.2, 0.25) is 5.82 Å². The molecule has 0 aliphatic heterocycles. The summed E-state index contributed by atoms with van der Waals surface area (Å²) in [5.74, 6) is -0.398. The predicted octanol–water partition coefficient (Wildman–Crippen LogP) is 5.60. The Kier molecular flexibility index (Phi) is 5.33. The summed E-state index contributed by atoms with van der Waals surface area (Å²) in [7, 11) is 0. The lowest BCUT2D eigenvalue weighted by Gasteiger charge is -2.09. The van der Waals surface area contributed by atoms with Crippen molar-refractivity contribution in [2.45, 2.75) is 13.8 Å². The van der Waals surface area contributed by atoms with Crippen LogP contribution in [0.3, 0.4) is 0 Å². The molecule has 0 radical (unpaired) electrons. The summed E-state index contributed by atoms with van der Waals surface area (Å²) in [4.78, 5) is 17.2. The molecular formula is C23H18ClFN4O. The average molecular weight is 421 g/mol. The molecule has 150 valence electrons. The van der Waals surface area contributed by atoms with Crippen LogP contribution in [0.4, 0.5) is 10.1 Å². The molecule has 1 aromatic heterocycles. The monoisotopic (exact) mass is 420 g/mol. The van der Waals surface area contributed by atoms with E-state index in [1.807, 2.05) is 44.2 Å². The van der Waals surface area contributed by atoms with Crippen molar-refractivity contribution in [2.24, 2.45) is 0 Å². The minimum atomic E-state index is -0.444. The fourth-order valence-electron chi connectivity index (χ4n) is 3.00.